The molecule has 0 saturated heterocycles. The van der Waals surface area contributed by atoms with Crippen molar-refractivity contribution in [3.05, 3.63) is 59.2 Å². The monoisotopic (exact) mass is 297 g/mol. The van der Waals surface area contributed by atoms with E-state index in [1.165, 1.54) is 5.56 Å². The van der Waals surface area contributed by atoms with Crippen LogP contribution in [-0.4, -0.2) is 25.0 Å². The van der Waals surface area contributed by atoms with Crippen LogP contribution in [0, 0.1) is 0 Å². The first-order valence-electron chi connectivity index (χ1n) is 7.56. The molecule has 0 aliphatic heterocycles. The Hall–Kier alpha value is -2.29. The van der Waals surface area contributed by atoms with Crippen LogP contribution in [0.2, 0.25) is 0 Å². The molecule has 0 radical (unpaired) electrons. The summed E-state index contributed by atoms with van der Waals surface area (Å²) in [4.78, 5) is 4.47. The van der Waals surface area contributed by atoms with Crippen LogP contribution in [0.15, 0.2) is 47.5 Å². The van der Waals surface area contributed by atoms with Gasteiger partial charge in [0.15, 0.2) is 0 Å². The zero-order chi connectivity index (χ0) is 15.9. The molecule has 0 spiro atoms. The minimum atomic E-state index is 0.214. The summed E-state index contributed by atoms with van der Waals surface area (Å²) in [7, 11) is 1.60. The molecular formula is C19H23NO2. The lowest BCUT2D eigenvalue weighted by Gasteiger charge is -2.13. The molecular weight excluding hydrogens is 274 g/mol. The van der Waals surface area contributed by atoms with Crippen molar-refractivity contribution in [1.29, 1.82) is 0 Å². The van der Waals surface area contributed by atoms with E-state index in [1.54, 1.807) is 19.4 Å². The molecule has 0 aromatic heterocycles. The largest absolute Gasteiger partial charge is 0.507 e. The predicted octanol–water partition coefficient (Wildman–Crippen LogP) is 4.19. The van der Waals surface area contributed by atoms with Crippen molar-refractivity contribution in [2.24, 2.45) is 4.99 Å². The number of hydrogen-bond acceptors (Lipinski definition) is 3. The molecule has 0 bridgehead atoms. The van der Waals surface area contributed by atoms with Crippen LogP contribution in [0.1, 0.15) is 36.5 Å². The summed E-state index contributed by atoms with van der Waals surface area (Å²) in [5.41, 5.74) is 3.09. The van der Waals surface area contributed by atoms with Gasteiger partial charge in [0.1, 0.15) is 11.5 Å². The molecule has 3 nitrogen and oxygen atoms in total. The topological polar surface area (TPSA) is 41.8 Å². The molecule has 0 atom stereocenters. The average Bonchev–Trinajstić information content (AvgIpc) is 2.53. The quantitative estimate of drug-likeness (QED) is 0.812. The maximum absolute atomic E-state index is 10.2. The van der Waals surface area contributed by atoms with Crippen LogP contribution in [0.3, 0.4) is 0 Å². The van der Waals surface area contributed by atoms with Crippen molar-refractivity contribution in [3.8, 4) is 11.5 Å². The van der Waals surface area contributed by atoms with E-state index in [1.807, 2.05) is 24.3 Å². The molecule has 1 N–H and O–H groups in total. The summed E-state index contributed by atoms with van der Waals surface area (Å²) in [6.07, 6.45) is 2.66. The molecule has 0 fully saturated rings. The van der Waals surface area contributed by atoms with E-state index >= 15 is 0 Å². The maximum Gasteiger partial charge on any atom is 0.128 e. The van der Waals surface area contributed by atoms with Crippen LogP contribution in [0.4, 0.5) is 0 Å². The van der Waals surface area contributed by atoms with Gasteiger partial charge in [-0.1, -0.05) is 44.2 Å². The fourth-order valence-corrected chi connectivity index (χ4v) is 2.36. The van der Waals surface area contributed by atoms with Crippen molar-refractivity contribution >= 4 is 6.21 Å². The van der Waals surface area contributed by atoms with Crippen LogP contribution in [0.5, 0.6) is 11.5 Å². The fourth-order valence-electron chi connectivity index (χ4n) is 2.36. The van der Waals surface area contributed by atoms with Gasteiger partial charge in [-0.15, -0.1) is 0 Å². The Bertz CT molecular complexity index is 633. The lowest BCUT2D eigenvalue weighted by atomic mass is 9.96. The lowest BCUT2D eigenvalue weighted by molar-refractivity contribution is 0.406. The molecule has 3 heteroatoms. The first-order chi connectivity index (χ1) is 10.6. The predicted molar refractivity (Wildman–Crippen MR) is 91.4 cm³/mol. The van der Waals surface area contributed by atoms with Gasteiger partial charge >= 0.3 is 0 Å². The van der Waals surface area contributed by atoms with Gasteiger partial charge in [-0.3, -0.25) is 4.99 Å². The Labute approximate surface area is 132 Å². The highest BCUT2D eigenvalue weighted by molar-refractivity contribution is 5.86. The van der Waals surface area contributed by atoms with E-state index in [-0.39, 0.29) is 11.7 Å². The number of aliphatic imine (C=N–C) groups is 1. The van der Waals surface area contributed by atoms with Gasteiger partial charge < -0.3 is 9.84 Å². The van der Waals surface area contributed by atoms with Gasteiger partial charge in [0.05, 0.1) is 7.11 Å². The van der Waals surface area contributed by atoms with Gasteiger partial charge in [-0.05, 0) is 29.5 Å². The molecule has 0 aliphatic carbocycles. The number of ether oxygens (including phenoxy) is 1. The number of nitrogens with zero attached hydrogens (tertiary/aromatic N) is 1. The zero-order valence-corrected chi connectivity index (χ0v) is 13.4. The number of rotatable bonds is 6. The Morgan fingerprint density at radius 3 is 2.55 bits per heavy atom. The van der Waals surface area contributed by atoms with Gasteiger partial charge in [0.2, 0.25) is 0 Å². The number of hydrogen-bond donors (Lipinski definition) is 1. The normalized spacial score (nSPS) is 11.3. The van der Waals surface area contributed by atoms with Crippen LogP contribution >= 0.6 is 0 Å². The first kappa shape index (κ1) is 16.1. The fraction of sp³-hybridized carbons (Fsp3) is 0.316. The van der Waals surface area contributed by atoms with E-state index in [0.29, 0.717) is 12.3 Å². The van der Waals surface area contributed by atoms with Gasteiger partial charge in [-0.2, -0.15) is 0 Å². The summed E-state index contributed by atoms with van der Waals surface area (Å²) in [6, 6.07) is 13.9. The Morgan fingerprint density at radius 1 is 1.18 bits per heavy atom. The Balaban J connectivity index is 2.12. The van der Waals surface area contributed by atoms with Crippen LogP contribution < -0.4 is 4.74 Å². The summed E-state index contributed by atoms with van der Waals surface area (Å²) >= 11 is 0. The van der Waals surface area contributed by atoms with Crippen molar-refractivity contribution in [2.45, 2.75) is 26.2 Å². The van der Waals surface area contributed by atoms with E-state index in [2.05, 4.69) is 31.0 Å². The first-order valence-corrected chi connectivity index (χ1v) is 7.56. The van der Waals surface area contributed by atoms with E-state index < -0.39 is 0 Å². The second kappa shape index (κ2) is 7.64. The smallest absolute Gasteiger partial charge is 0.128 e. The van der Waals surface area contributed by atoms with Crippen molar-refractivity contribution in [1.82, 2.24) is 0 Å². The summed E-state index contributed by atoms with van der Waals surface area (Å²) < 4.78 is 5.22. The maximum atomic E-state index is 10.2. The second-order valence-corrected chi connectivity index (χ2v) is 5.58. The minimum absolute atomic E-state index is 0.214. The Kier molecular flexibility index (Phi) is 5.59. The second-order valence-electron chi connectivity index (χ2n) is 5.58. The minimum Gasteiger partial charge on any atom is -0.507 e. The third-order valence-electron chi connectivity index (χ3n) is 3.61. The SMILES string of the molecule is COc1cc(O)c(C=NCCc2ccccc2)c(C(C)C)c1. The van der Waals surface area contributed by atoms with Crippen molar-refractivity contribution in [2.75, 3.05) is 13.7 Å². The van der Waals surface area contributed by atoms with Crippen LogP contribution in [-0.2, 0) is 6.42 Å². The van der Waals surface area contributed by atoms with E-state index in [9.17, 15) is 5.11 Å². The van der Waals surface area contributed by atoms with Gasteiger partial charge in [0, 0.05) is 24.4 Å². The van der Waals surface area contributed by atoms with Crippen molar-refractivity contribution < 1.29 is 9.84 Å². The standard InChI is InChI=1S/C19H23NO2/c1-14(2)17-11-16(22-3)12-19(21)18(17)13-20-10-9-15-7-5-4-6-8-15/h4-8,11-14,21H,9-10H2,1-3H3. The summed E-state index contributed by atoms with van der Waals surface area (Å²) in [5, 5.41) is 10.2. The molecule has 0 saturated carbocycles. The van der Waals surface area contributed by atoms with Gasteiger partial charge in [-0.25, -0.2) is 0 Å². The molecule has 2 aromatic rings. The number of phenolic OH excluding ortho intramolecular Hbond substituents is 1. The highest BCUT2D eigenvalue weighted by Gasteiger charge is 2.12. The molecule has 22 heavy (non-hydrogen) atoms. The average molecular weight is 297 g/mol. The number of aromatic hydroxyl groups is 1. The lowest BCUT2D eigenvalue weighted by Crippen LogP contribution is -1.99. The molecule has 0 heterocycles. The third-order valence-corrected chi connectivity index (χ3v) is 3.61. The number of benzene rings is 2. The summed E-state index contributed by atoms with van der Waals surface area (Å²) in [6.45, 7) is 4.89. The Morgan fingerprint density at radius 2 is 1.91 bits per heavy atom. The molecule has 0 unspecified atom stereocenters. The highest BCUT2D eigenvalue weighted by atomic mass is 16.5. The molecule has 2 rings (SSSR count). The molecule has 2 aromatic carbocycles. The van der Waals surface area contributed by atoms with Crippen molar-refractivity contribution in [3.63, 3.8) is 0 Å². The molecule has 0 aliphatic rings. The van der Waals surface area contributed by atoms with E-state index in [0.717, 1.165) is 17.5 Å². The molecule has 0 amide bonds. The number of methoxy groups -OCH3 is 1. The molecule has 116 valence electrons. The third kappa shape index (κ3) is 4.10. The number of phenols is 1. The zero-order valence-electron chi connectivity index (χ0n) is 13.4. The highest BCUT2D eigenvalue weighted by Crippen LogP contribution is 2.31. The summed E-state index contributed by atoms with van der Waals surface area (Å²) in [5.74, 6) is 1.17. The van der Waals surface area contributed by atoms with Gasteiger partial charge in [0.25, 0.3) is 0 Å². The van der Waals surface area contributed by atoms with E-state index in [4.69, 9.17) is 4.74 Å². The van der Waals surface area contributed by atoms with Crippen LogP contribution in [0.25, 0.3) is 0 Å².